The Morgan fingerprint density at radius 3 is 2.96 bits per heavy atom. The Kier molecular flexibility index (Phi) is 5.78. The number of amides is 1. The smallest absolute Gasteiger partial charge is 0.254 e. The van der Waals surface area contributed by atoms with Gasteiger partial charge in [-0.25, -0.2) is 4.98 Å². The Morgan fingerprint density at radius 2 is 2.18 bits per heavy atom. The summed E-state index contributed by atoms with van der Waals surface area (Å²) in [5.41, 5.74) is 1.94. The molecule has 0 aliphatic carbocycles. The molecule has 2 aliphatic rings. The Balaban J connectivity index is 1.40. The van der Waals surface area contributed by atoms with Crippen LogP contribution in [0.25, 0.3) is 11.4 Å². The van der Waals surface area contributed by atoms with Crippen LogP contribution in [0.2, 0.25) is 0 Å². The zero-order valence-corrected chi connectivity index (χ0v) is 15.7. The van der Waals surface area contributed by atoms with E-state index in [1.54, 1.807) is 29.4 Å². The van der Waals surface area contributed by atoms with Gasteiger partial charge in [0.2, 0.25) is 5.91 Å². The van der Waals surface area contributed by atoms with Crippen molar-refractivity contribution in [2.45, 2.75) is 38.3 Å². The average molecular weight is 384 g/mol. The first-order valence-corrected chi connectivity index (χ1v) is 9.70. The van der Waals surface area contributed by atoms with Crippen molar-refractivity contribution >= 4 is 5.91 Å². The summed E-state index contributed by atoms with van der Waals surface area (Å²) >= 11 is 0. The van der Waals surface area contributed by atoms with Crippen LogP contribution in [-0.2, 0) is 27.2 Å². The molecule has 4 heterocycles. The zero-order chi connectivity index (χ0) is 19.3. The lowest BCUT2D eigenvalue weighted by molar-refractivity contribution is -0.139. The Bertz CT molecular complexity index is 878. The highest BCUT2D eigenvalue weighted by Gasteiger charge is 2.25. The number of carbonyl (C=O) groups is 1. The second-order valence-corrected chi connectivity index (χ2v) is 7.14. The summed E-state index contributed by atoms with van der Waals surface area (Å²) in [4.78, 5) is 38.1. The Morgan fingerprint density at radius 1 is 1.32 bits per heavy atom. The van der Waals surface area contributed by atoms with Gasteiger partial charge in [0, 0.05) is 36.7 Å². The lowest BCUT2D eigenvalue weighted by Crippen LogP contribution is -2.41. The molecule has 0 unspecified atom stereocenters. The number of nitrogens with one attached hydrogen (secondary N) is 1. The second-order valence-electron chi connectivity index (χ2n) is 7.14. The average Bonchev–Trinajstić information content (AvgIpc) is 2.74. The first kappa shape index (κ1) is 18.8. The van der Waals surface area contributed by atoms with E-state index in [0.717, 1.165) is 31.4 Å². The van der Waals surface area contributed by atoms with E-state index >= 15 is 0 Å². The lowest BCUT2D eigenvalue weighted by atomic mass is 10.1. The quantitative estimate of drug-likeness (QED) is 0.835. The predicted molar refractivity (Wildman–Crippen MR) is 102 cm³/mol. The second kappa shape index (κ2) is 8.62. The zero-order valence-electron chi connectivity index (χ0n) is 15.7. The summed E-state index contributed by atoms with van der Waals surface area (Å²) in [6.07, 6.45) is 7.10. The third-order valence-electron chi connectivity index (χ3n) is 5.18. The molecule has 2 aromatic rings. The van der Waals surface area contributed by atoms with Crippen molar-refractivity contribution < 1.29 is 14.3 Å². The van der Waals surface area contributed by atoms with Gasteiger partial charge in [0.15, 0.2) is 0 Å². The van der Waals surface area contributed by atoms with Crippen LogP contribution in [0, 0.1) is 0 Å². The summed E-state index contributed by atoms with van der Waals surface area (Å²) in [6, 6.07) is 3.58. The number of hydrogen-bond donors (Lipinski definition) is 1. The maximum Gasteiger partial charge on any atom is 0.254 e. The van der Waals surface area contributed by atoms with Crippen LogP contribution >= 0.6 is 0 Å². The van der Waals surface area contributed by atoms with Crippen molar-refractivity contribution in [2.24, 2.45) is 0 Å². The van der Waals surface area contributed by atoms with E-state index in [1.807, 2.05) is 0 Å². The number of carbonyl (C=O) groups excluding carboxylic acids is 1. The normalized spacial score (nSPS) is 19.3. The van der Waals surface area contributed by atoms with Crippen LogP contribution in [0.3, 0.4) is 0 Å². The van der Waals surface area contributed by atoms with E-state index in [-0.39, 0.29) is 24.2 Å². The molecule has 2 aliphatic heterocycles. The van der Waals surface area contributed by atoms with Gasteiger partial charge in [0.1, 0.15) is 12.4 Å². The van der Waals surface area contributed by atoms with Gasteiger partial charge < -0.3 is 19.4 Å². The van der Waals surface area contributed by atoms with Gasteiger partial charge in [-0.15, -0.1) is 0 Å². The number of nitrogens with zero attached hydrogens (tertiary/aromatic N) is 3. The van der Waals surface area contributed by atoms with Crippen LogP contribution in [0.5, 0.6) is 0 Å². The molecule has 8 nitrogen and oxygen atoms in total. The van der Waals surface area contributed by atoms with Gasteiger partial charge >= 0.3 is 0 Å². The fourth-order valence-electron chi connectivity index (χ4n) is 3.61. The molecule has 0 radical (unpaired) electrons. The van der Waals surface area contributed by atoms with Gasteiger partial charge in [-0.3, -0.25) is 14.6 Å². The summed E-state index contributed by atoms with van der Waals surface area (Å²) < 4.78 is 11.2. The van der Waals surface area contributed by atoms with Crippen molar-refractivity contribution in [3.05, 3.63) is 46.1 Å². The number of H-pyrrole nitrogens is 1. The number of aromatic nitrogens is 3. The van der Waals surface area contributed by atoms with Crippen molar-refractivity contribution in [1.29, 1.82) is 0 Å². The molecule has 0 spiro atoms. The molecule has 0 bridgehead atoms. The molecule has 0 aromatic carbocycles. The van der Waals surface area contributed by atoms with E-state index in [9.17, 15) is 9.59 Å². The Labute approximate surface area is 162 Å². The van der Waals surface area contributed by atoms with Crippen molar-refractivity contribution in [2.75, 3.05) is 26.4 Å². The molecular weight excluding hydrogens is 360 g/mol. The Hall–Kier alpha value is -2.58. The number of rotatable bonds is 5. The summed E-state index contributed by atoms with van der Waals surface area (Å²) in [6.45, 7) is 2.05. The largest absolute Gasteiger partial charge is 0.376 e. The number of fused-ring (bicyclic) bond motifs is 1. The van der Waals surface area contributed by atoms with Gasteiger partial charge in [0.05, 0.1) is 24.9 Å². The summed E-state index contributed by atoms with van der Waals surface area (Å²) in [7, 11) is 0. The molecular formula is C20H24N4O4. The maximum absolute atomic E-state index is 12.5. The van der Waals surface area contributed by atoms with Crippen LogP contribution in [0.15, 0.2) is 29.3 Å². The lowest BCUT2D eigenvalue weighted by Gasteiger charge is -2.28. The SMILES string of the molecule is O=C(COC[C@H]1CCCCO1)N1CCc2c(nc(-c3ccncc3)[nH]c2=O)C1. The molecule has 28 heavy (non-hydrogen) atoms. The third-order valence-corrected chi connectivity index (χ3v) is 5.18. The fraction of sp³-hybridized carbons (Fsp3) is 0.500. The van der Waals surface area contributed by atoms with Gasteiger partial charge in [0.25, 0.3) is 5.56 Å². The molecule has 2 aromatic heterocycles. The minimum absolute atomic E-state index is 0.0234. The highest BCUT2D eigenvalue weighted by molar-refractivity contribution is 5.77. The van der Waals surface area contributed by atoms with Crippen molar-refractivity contribution in [3.63, 3.8) is 0 Å². The number of ether oxygens (including phenoxy) is 2. The first-order chi connectivity index (χ1) is 13.7. The van der Waals surface area contributed by atoms with E-state index in [1.165, 1.54) is 0 Å². The van der Waals surface area contributed by atoms with Crippen molar-refractivity contribution in [1.82, 2.24) is 19.9 Å². The highest BCUT2D eigenvalue weighted by atomic mass is 16.5. The summed E-state index contributed by atoms with van der Waals surface area (Å²) in [5.74, 6) is 0.403. The molecule has 1 saturated heterocycles. The predicted octanol–water partition coefficient (Wildman–Crippen LogP) is 1.30. The topological polar surface area (TPSA) is 97.4 Å². The molecule has 4 rings (SSSR count). The maximum atomic E-state index is 12.5. The molecule has 1 amide bonds. The fourth-order valence-corrected chi connectivity index (χ4v) is 3.61. The standard InChI is InChI=1S/C20H24N4O4/c25-18(13-27-12-15-3-1-2-10-28-15)24-9-6-16-17(11-24)22-19(23-20(16)26)14-4-7-21-8-5-14/h4-5,7-8,15H,1-3,6,9-13H2,(H,22,23,26)/t15-/m1/s1. The molecule has 1 N–H and O–H groups in total. The minimum atomic E-state index is -0.144. The third kappa shape index (κ3) is 4.28. The molecule has 148 valence electrons. The number of pyridine rings is 1. The van der Waals surface area contributed by atoms with Crippen LogP contribution in [0.4, 0.5) is 0 Å². The number of aromatic amines is 1. The van der Waals surface area contributed by atoms with Crippen LogP contribution < -0.4 is 5.56 Å². The van der Waals surface area contributed by atoms with Crippen LogP contribution in [0.1, 0.15) is 30.5 Å². The molecule has 0 saturated carbocycles. The first-order valence-electron chi connectivity index (χ1n) is 9.70. The van der Waals surface area contributed by atoms with E-state index < -0.39 is 0 Å². The van der Waals surface area contributed by atoms with E-state index in [2.05, 4.69) is 15.0 Å². The van der Waals surface area contributed by atoms with Crippen LogP contribution in [-0.4, -0.2) is 58.2 Å². The van der Waals surface area contributed by atoms with Gasteiger partial charge in [-0.2, -0.15) is 0 Å². The van der Waals surface area contributed by atoms with Gasteiger partial charge in [-0.05, 0) is 37.8 Å². The molecule has 8 heteroatoms. The number of hydrogen-bond acceptors (Lipinski definition) is 6. The highest BCUT2D eigenvalue weighted by Crippen LogP contribution is 2.18. The van der Waals surface area contributed by atoms with Crippen molar-refractivity contribution in [3.8, 4) is 11.4 Å². The monoisotopic (exact) mass is 384 g/mol. The molecule has 1 atom stereocenters. The molecule has 1 fully saturated rings. The summed E-state index contributed by atoms with van der Waals surface area (Å²) in [5, 5.41) is 0. The van der Waals surface area contributed by atoms with E-state index in [4.69, 9.17) is 9.47 Å². The van der Waals surface area contributed by atoms with E-state index in [0.29, 0.717) is 43.2 Å². The minimum Gasteiger partial charge on any atom is -0.376 e. The van der Waals surface area contributed by atoms with Gasteiger partial charge in [-0.1, -0.05) is 0 Å².